The fourth-order valence-corrected chi connectivity index (χ4v) is 4.57. The molecule has 1 aliphatic heterocycles. The van der Waals surface area contributed by atoms with E-state index in [1.54, 1.807) is 29.2 Å². The molecule has 0 saturated carbocycles. The molecular weight excluding hydrogens is 378 g/mol. The van der Waals surface area contributed by atoms with Crippen LogP contribution in [0.3, 0.4) is 0 Å². The molecule has 0 aliphatic carbocycles. The van der Waals surface area contributed by atoms with Gasteiger partial charge in [-0.05, 0) is 18.6 Å². The molecule has 0 radical (unpaired) electrons. The van der Waals surface area contributed by atoms with Gasteiger partial charge in [0.15, 0.2) is 9.84 Å². The summed E-state index contributed by atoms with van der Waals surface area (Å²) in [7, 11) is -1.56. The van der Waals surface area contributed by atoms with E-state index in [4.69, 9.17) is 16.3 Å². The van der Waals surface area contributed by atoms with E-state index in [1.807, 2.05) is 6.07 Å². The Labute approximate surface area is 158 Å². The van der Waals surface area contributed by atoms with Crippen LogP contribution in [0.15, 0.2) is 36.0 Å². The number of carbonyl (C=O) groups excluding carboxylic acids is 1. The molecule has 1 unspecified atom stereocenters. The number of hydrogen-bond acceptors (Lipinski definition) is 6. The lowest BCUT2D eigenvalue weighted by atomic mass is 10.2. The van der Waals surface area contributed by atoms with E-state index < -0.39 is 15.7 Å². The van der Waals surface area contributed by atoms with E-state index in [2.05, 4.69) is 5.32 Å². The first-order valence-electron chi connectivity index (χ1n) is 7.99. The first-order chi connectivity index (χ1) is 12.4. The summed E-state index contributed by atoms with van der Waals surface area (Å²) in [6, 6.07) is 8.28. The van der Waals surface area contributed by atoms with Gasteiger partial charge in [0.05, 0.1) is 28.8 Å². The van der Waals surface area contributed by atoms with Crippen molar-refractivity contribution in [1.82, 2.24) is 4.90 Å². The van der Waals surface area contributed by atoms with Crippen LogP contribution >= 0.6 is 11.6 Å². The number of amides is 1. The highest BCUT2D eigenvalue weighted by molar-refractivity contribution is 7.91. The van der Waals surface area contributed by atoms with E-state index in [0.717, 1.165) is 0 Å². The first kappa shape index (κ1) is 20.2. The maximum atomic E-state index is 12.4. The minimum Gasteiger partial charge on any atom is -0.383 e. The smallest absolute Gasteiger partial charge is 0.267 e. The van der Waals surface area contributed by atoms with Gasteiger partial charge < -0.3 is 15.0 Å². The third-order valence-electron chi connectivity index (χ3n) is 4.01. The maximum absolute atomic E-state index is 12.4. The SMILES string of the molecule is COCCN(/C=C(/C#N)C(=O)Nc1ccccc1Cl)C1CCS(=O)(=O)C1. The number of carbonyl (C=O) groups is 1. The summed E-state index contributed by atoms with van der Waals surface area (Å²) in [6.07, 6.45) is 1.85. The number of sulfone groups is 1. The zero-order valence-corrected chi connectivity index (χ0v) is 15.9. The average molecular weight is 398 g/mol. The minimum atomic E-state index is -3.10. The number of anilines is 1. The molecule has 1 heterocycles. The number of nitriles is 1. The van der Waals surface area contributed by atoms with Crippen molar-refractivity contribution in [2.75, 3.05) is 37.1 Å². The first-order valence-corrected chi connectivity index (χ1v) is 10.2. The van der Waals surface area contributed by atoms with Crippen molar-refractivity contribution >= 4 is 33.0 Å². The number of hydrogen-bond donors (Lipinski definition) is 1. The molecule has 1 saturated heterocycles. The minimum absolute atomic E-state index is 0.00193. The largest absolute Gasteiger partial charge is 0.383 e. The number of ether oxygens (including phenoxy) is 1. The lowest BCUT2D eigenvalue weighted by molar-refractivity contribution is -0.112. The molecule has 1 aromatic rings. The number of nitrogens with one attached hydrogen (secondary N) is 1. The molecule has 1 amide bonds. The molecule has 0 spiro atoms. The normalized spacial score (nSPS) is 19.0. The molecule has 1 aliphatic rings. The van der Waals surface area contributed by atoms with E-state index in [-0.39, 0.29) is 23.1 Å². The van der Waals surface area contributed by atoms with Gasteiger partial charge in [0, 0.05) is 25.9 Å². The number of methoxy groups -OCH3 is 1. The molecule has 2 rings (SSSR count). The molecule has 1 atom stereocenters. The van der Waals surface area contributed by atoms with Gasteiger partial charge in [0.25, 0.3) is 5.91 Å². The maximum Gasteiger partial charge on any atom is 0.267 e. The van der Waals surface area contributed by atoms with Crippen molar-refractivity contribution in [3.05, 3.63) is 41.1 Å². The monoisotopic (exact) mass is 397 g/mol. The Hall–Kier alpha value is -2.08. The molecule has 9 heteroatoms. The molecule has 1 fully saturated rings. The number of benzene rings is 1. The second kappa shape index (κ2) is 9.03. The Balaban J connectivity index is 2.20. The number of nitrogens with zero attached hydrogens (tertiary/aromatic N) is 2. The van der Waals surface area contributed by atoms with E-state index >= 15 is 0 Å². The lowest BCUT2D eigenvalue weighted by Crippen LogP contribution is -2.35. The highest BCUT2D eigenvalue weighted by atomic mass is 35.5. The average Bonchev–Trinajstić information content (AvgIpc) is 2.97. The van der Waals surface area contributed by atoms with Crippen LogP contribution in [0, 0.1) is 11.3 Å². The van der Waals surface area contributed by atoms with Crippen LogP contribution < -0.4 is 5.32 Å². The Morgan fingerprint density at radius 2 is 2.23 bits per heavy atom. The van der Waals surface area contributed by atoms with Gasteiger partial charge in [-0.15, -0.1) is 0 Å². The molecule has 0 bridgehead atoms. The van der Waals surface area contributed by atoms with Crippen molar-refractivity contribution in [3.63, 3.8) is 0 Å². The van der Waals surface area contributed by atoms with Crippen LogP contribution in [0.2, 0.25) is 5.02 Å². The lowest BCUT2D eigenvalue weighted by Gasteiger charge is -2.26. The molecular formula is C17H20ClN3O4S. The van der Waals surface area contributed by atoms with Crippen molar-refractivity contribution in [2.24, 2.45) is 0 Å². The number of rotatable bonds is 7. The summed E-state index contributed by atoms with van der Waals surface area (Å²) in [4.78, 5) is 14.1. The molecule has 140 valence electrons. The van der Waals surface area contributed by atoms with E-state index in [1.165, 1.54) is 13.3 Å². The number of halogens is 1. The highest BCUT2D eigenvalue weighted by Gasteiger charge is 2.31. The quantitative estimate of drug-likeness (QED) is 0.556. The third kappa shape index (κ3) is 5.46. The van der Waals surface area contributed by atoms with Gasteiger partial charge in [0.2, 0.25) is 0 Å². The van der Waals surface area contributed by atoms with Crippen LogP contribution in [-0.4, -0.2) is 57.0 Å². The van der Waals surface area contributed by atoms with Crippen LogP contribution in [0.25, 0.3) is 0 Å². The van der Waals surface area contributed by atoms with E-state index in [9.17, 15) is 18.5 Å². The number of para-hydroxylation sites is 1. The van der Waals surface area contributed by atoms with Gasteiger partial charge in [-0.25, -0.2) is 8.42 Å². The van der Waals surface area contributed by atoms with Crippen LogP contribution in [-0.2, 0) is 19.4 Å². The van der Waals surface area contributed by atoms with E-state index in [0.29, 0.717) is 30.3 Å². The van der Waals surface area contributed by atoms with Gasteiger partial charge in [-0.1, -0.05) is 23.7 Å². The fraction of sp³-hybridized carbons (Fsp3) is 0.412. The van der Waals surface area contributed by atoms with Gasteiger partial charge in [-0.2, -0.15) is 5.26 Å². The van der Waals surface area contributed by atoms with Crippen molar-refractivity contribution in [2.45, 2.75) is 12.5 Å². The predicted octanol–water partition coefficient (Wildman–Crippen LogP) is 1.82. The predicted molar refractivity (Wildman–Crippen MR) is 99.4 cm³/mol. The zero-order valence-electron chi connectivity index (χ0n) is 14.3. The standard InChI is InChI=1S/C17H20ClN3O4S/c1-25-8-7-21(14-6-9-26(23,24)12-14)11-13(10-19)17(22)20-16-5-3-2-4-15(16)18/h2-5,11,14H,6-9,12H2,1H3,(H,20,22)/b13-11-. The molecule has 1 N–H and O–H groups in total. The zero-order chi connectivity index (χ0) is 19.2. The third-order valence-corrected chi connectivity index (χ3v) is 6.09. The second-order valence-corrected chi connectivity index (χ2v) is 8.51. The molecule has 1 aromatic carbocycles. The Bertz CT molecular complexity index is 833. The summed E-state index contributed by atoms with van der Waals surface area (Å²) >= 11 is 6.01. The molecule has 0 aromatic heterocycles. The Morgan fingerprint density at radius 3 is 2.81 bits per heavy atom. The van der Waals surface area contributed by atoms with Crippen molar-refractivity contribution in [1.29, 1.82) is 5.26 Å². The Morgan fingerprint density at radius 1 is 1.50 bits per heavy atom. The summed E-state index contributed by atoms with van der Waals surface area (Å²) in [5.74, 6) is -0.510. The van der Waals surface area contributed by atoms with Gasteiger partial charge in [0.1, 0.15) is 11.6 Å². The van der Waals surface area contributed by atoms with Gasteiger partial charge >= 0.3 is 0 Å². The Kier molecular flexibility index (Phi) is 7.03. The van der Waals surface area contributed by atoms with Crippen LogP contribution in [0.1, 0.15) is 6.42 Å². The summed E-state index contributed by atoms with van der Waals surface area (Å²) in [5, 5.41) is 12.3. The topological polar surface area (TPSA) is 99.5 Å². The highest BCUT2D eigenvalue weighted by Crippen LogP contribution is 2.22. The molecule has 7 nitrogen and oxygen atoms in total. The second-order valence-electron chi connectivity index (χ2n) is 5.88. The van der Waals surface area contributed by atoms with Crippen LogP contribution in [0.5, 0.6) is 0 Å². The van der Waals surface area contributed by atoms with Crippen molar-refractivity contribution < 1.29 is 17.9 Å². The summed E-state index contributed by atoms with van der Waals surface area (Å²) in [6.45, 7) is 0.721. The van der Waals surface area contributed by atoms with Crippen LogP contribution in [0.4, 0.5) is 5.69 Å². The summed E-state index contributed by atoms with van der Waals surface area (Å²) in [5.41, 5.74) is 0.262. The molecule has 26 heavy (non-hydrogen) atoms. The fourth-order valence-electron chi connectivity index (χ4n) is 2.64. The summed E-state index contributed by atoms with van der Waals surface area (Å²) < 4.78 is 28.5. The van der Waals surface area contributed by atoms with Crippen molar-refractivity contribution in [3.8, 4) is 6.07 Å². The van der Waals surface area contributed by atoms with Gasteiger partial charge in [-0.3, -0.25) is 4.79 Å².